The topological polar surface area (TPSA) is 75.0 Å². The Morgan fingerprint density at radius 2 is 2.07 bits per heavy atom. The summed E-state index contributed by atoms with van der Waals surface area (Å²) in [5.41, 5.74) is 2.66. The fourth-order valence-corrected chi connectivity index (χ4v) is 3.49. The molecule has 1 fully saturated rings. The molecule has 156 valence electrons. The summed E-state index contributed by atoms with van der Waals surface area (Å²) in [7, 11) is 3.92. The van der Waals surface area contributed by atoms with Crippen LogP contribution in [0.2, 0.25) is 0 Å². The second-order valence-electron chi connectivity index (χ2n) is 7.44. The predicted molar refractivity (Wildman–Crippen MR) is 112 cm³/mol. The smallest absolute Gasteiger partial charge is 0.289 e. The van der Waals surface area contributed by atoms with E-state index in [2.05, 4.69) is 5.32 Å². The van der Waals surface area contributed by atoms with Gasteiger partial charge in [-0.25, -0.2) is 0 Å². The van der Waals surface area contributed by atoms with Crippen LogP contribution >= 0.6 is 0 Å². The zero-order chi connectivity index (χ0) is 20.8. The van der Waals surface area contributed by atoms with E-state index < -0.39 is 0 Å². The Balaban J connectivity index is 1.88. The molecule has 1 atom stereocenters. The van der Waals surface area contributed by atoms with Crippen LogP contribution in [0.5, 0.6) is 0 Å². The van der Waals surface area contributed by atoms with Gasteiger partial charge < -0.3 is 24.3 Å². The molecule has 1 aliphatic heterocycles. The molecule has 1 aromatic carbocycles. The number of furan rings is 1. The van der Waals surface area contributed by atoms with E-state index in [4.69, 9.17) is 9.15 Å². The molecule has 2 aromatic rings. The Morgan fingerprint density at radius 3 is 2.69 bits per heavy atom. The van der Waals surface area contributed by atoms with E-state index in [0.29, 0.717) is 25.3 Å². The van der Waals surface area contributed by atoms with E-state index in [1.165, 1.54) is 6.26 Å². The molecule has 1 aliphatic rings. The third-order valence-electron chi connectivity index (χ3n) is 4.99. The summed E-state index contributed by atoms with van der Waals surface area (Å²) >= 11 is 0. The number of carbonyl (C=O) groups is 2. The minimum Gasteiger partial charge on any atom is -0.459 e. The van der Waals surface area contributed by atoms with Crippen LogP contribution in [0.1, 0.15) is 42.3 Å². The number of hydrogen-bond acceptors (Lipinski definition) is 5. The van der Waals surface area contributed by atoms with E-state index in [9.17, 15) is 9.59 Å². The van der Waals surface area contributed by atoms with E-state index >= 15 is 0 Å². The second kappa shape index (κ2) is 9.60. The fourth-order valence-electron chi connectivity index (χ4n) is 3.49. The minimum atomic E-state index is -0.168. The van der Waals surface area contributed by atoms with Crippen molar-refractivity contribution in [3.8, 4) is 0 Å². The predicted octanol–water partition coefficient (Wildman–Crippen LogP) is 3.52. The van der Waals surface area contributed by atoms with Crippen molar-refractivity contribution in [2.75, 3.05) is 37.5 Å². The van der Waals surface area contributed by atoms with Gasteiger partial charge in [0.05, 0.1) is 12.4 Å². The molecular weight excluding hydrogens is 370 g/mol. The zero-order valence-corrected chi connectivity index (χ0v) is 17.3. The molecular formula is C22H29N3O4. The maximum Gasteiger partial charge on any atom is 0.289 e. The van der Waals surface area contributed by atoms with Crippen LogP contribution in [0.25, 0.3) is 0 Å². The number of ether oxygens (including phenoxy) is 1. The summed E-state index contributed by atoms with van der Waals surface area (Å²) in [6.45, 7) is 3.44. The van der Waals surface area contributed by atoms with Crippen molar-refractivity contribution in [2.45, 2.75) is 38.8 Å². The van der Waals surface area contributed by atoms with Gasteiger partial charge in [-0.3, -0.25) is 9.59 Å². The number of rotatable bonds is 8. The highest BCUT2D eigenvalue weighted by Gasteiger charge is 2.26. The Morgan fingerprint density at radius 1 is 1.24 bits per heavy atom. The number of nitrogens with one attached hydrogen (secondary N) is 1. The number of amides is 2. The lowest BCUT2D eigenvalue weighted by Gasteiger charge is -2.27. The lowest BCUT2D eigenvalue weighted by atomic mass is 10.1. The first kappa shape index (κ1) is 20.9. The number of nitrogens with zero attached hydrogens (tertiary/aromatic N) is 2. The summed E-state index contributed by atoms with van der Waals surface area (Å²) in [4.78, 5) is 28.7. The SMILES string of the molecule is CCC(=O)Nc1ccc(N(C)C)c(CN(C[C@@H]2CCCO2)C(=O)c2ccco2)c1. The lowest BCUT2D eigenvalue weighted by Crippen LogP contribution is -2.37. The Bertz CT molecular complexity index is 827. The first-order valence-electron chi connectivity index (χ1n) is 10.0. The van der Waals surface area contributed by atoms with E-state index in [0.717, 1.165) is 36.4 Å². The molecule has 1 N–H and O–H groups in total. The van der Waals surface area contributed by atoms with Crippen molar-refractivity contribution >= 4 is 23.2 Å². The van der Waals surface area contributed by atoms with E-state index in [1.54, 1.807) is 17.0 Å². The number of hydrogen-bond donors (Lipinski definition) is 1. The standard InChI is InChI=1S/C22H29N3O4/c1-4-21(26)23-17-9-10-19(24(2)3)16(13-17)14-25(15-18-7-5-11-28-18)22(27)20-8-6-12-29-20/h6,8-10,12-13,18H,4-5,7,11,14-15H2,1-3H3,(H,23,26)/t18-/m0/s1. The molecule has 1 aromatic heterocycles. The third kappa shape index (κ3) is 5.38. The van der Waals surface area contributed by atoms with Crippen LogP contribution < -0.4 is 10.2 Å². The van der Waals surface area contributed by atoms with Gasteiger partial charge in [-0.2, -0.15) is 0 Å². The van der Waals surface area contributed by atoms with Crippen LogP contribution in [0.15, 0.2) is 41.0 Å². The molecule has 0 radical (unpaired) electrons. The van der Waals surface area contributed by atoms with Gasteiger partial charge in [-0.15, -0.1) is 0 Å². The Kier molecular flexibility index (Phi) is 6.93. The summed E-state index contributed by atoms with van der Waals surface area (Å²) in [5, 5.41) is 2.90. The third-order valence-corrected chi connectivity index (χ3v) is 4.99. The van der Waals surface area contributed by atoms with Crippen molar-refractivity contribution in [1.82, 2.24) is 4.90 Å². The van der Waals surface area contributed by atoms with Crippen LogP contribution in [0.3, 0.4) is 0 Å². The van der Waals surface area contributed by atoms with Gasteiger partial charge in [0.15, 0.2) is 5.76 Å². The van der Waals surface area contributed by atoms with Gasteiger partial charge in [0, 0.05) is 51.6 Å². The molecule has 7 nitrogen and oxygen atoms in total. The maximum atomic E-state index is 13.1. The highest BCUT2D eigenvalue weighted by Crippen LogP contribution is 2.26. The normalized spacial score (nSPS) is 15.9. The average molecular weight is 399 g/mol. The molecule has 2 amide bonds. The molecule has 0 saturated carbocycles. The molecule has 1 saturated heterocycles. The van der Waals surface area contributed by atoms with Gasteiger partial charge in [0.25, 0.3) is 5.91 Å². The van der Waals surface area contributed by atoms with Crippen molar-refractivity contribution in [3.05, 3.63) is 47.9 Å². The van der Waals surface area contributed by atoms with Crippen LogP contribution in [0.4, 0.5) is 11.4 Å². The number of anilines is 2. The maximum absolute atomic E-state index is 13.1. The lowest BCUT2D eigenvalue weighted by molar-refractivity contribution is -0.115. The van der Waals surface area contributed by atoms with Crippen molar-refractivity contribution < 1.29 is 18.7 Å². The molecule has 0 unspecified atom stereocenters. The fraction of sp³-hybridized carbons (Fsp3) is 0.455. The summed E-state index contributed by atoms with van der Waals surface area (Å²) in [6.07, 6.45) is 3.89. The largest absolute Gasteiger partial charge is 0.459 e. The summed E-state index contributed by atoms with van der Waals surface area (Å²) in [5.74, 6) is 0.0967. The van der Waals surface area contributed by atoms with Crippen molar-refractivity contribution in [2.24, 2.45) is 0 Å². The first-order valence-corrected chi connectivity index (χ1v) is 10.0. The summed E-state index contributed by atoms with van der Waals surface area (Å²) < 4.78 is 11.1. The van der Waals surface area contributed by atoms with Crippen LogP contribution in [-0.4, -0.2) is 50.1 Å². The highest BCUT2D eigenvalue weighted by atomic mass is 16.5. The Hall–Kier alpha value is -2.80. The molecule has 0 aliphatic carbocycles. The minimum absolute atomic E-state index is 0.0275. The average Bonchev–Trinajstić information content (AvgIpc) is 3.41. The highest BCUT2D eigenvalue weighted by molar-refractivity contribution is 5.92. The van der Waals surface area contributed by atoms with Crippen LogP contribution in [-0.2, 0) is 16.1 Å². The Labute approximate surface area is 171 Å². The van der Waals surface area contributed by atoms with E-state index in [-0.39, 0.29) is 17.9 Å². The second-order valence-corrected chi connectivity index (χ2v) is 7.44. The van der Waals surface area contributed by atoms with Gasteiger partial charge in [-0.05, 0) is 48.7 Å². The number of carbonyl (C=O) groups excluding carboxylic acids is 2. The van der Waals surface area contributed by atoms with Gasteiger partial charge in [-0.1, -0.05) is 6.92 Å². The molecule has 3 rings (SSSR count). The monoisotopic (exact) mass is 399 g/mol. The molecule has 0 spiro atoms. The molecule has 7 heteroatoms. The quantitative estimate of drug-likeness (QED) is 0.735. The zero-order valence-electron chi connectivity index (χ0n) is 17.3. The van der Waals surface area contributed by atoms with Crippen molar-refractivity contribution in [3.63, 3.8) is 0 Å². The molecule has 2 heterocycles. The number of benzene rings is 1. The molecule has 0 bridgehead atoms. The van der Waals surface area contributed by atoms with Crippen molar-refractivity contribution in [1.29, 1.82) is 0 Å². The van der Waals surface area contributed by atoms with Crippen LogP contribution in [0, 0.1) is 0 Å². The molecule has 29 heavy (non-hydrogen) atoms. The first-order chi connectivity index (χ1) is 14.0. The van der Waals surface area contributed by atoms with Gasteiger partial charge in [0.1, 0.15) is 0 Å². The van der Waals surface area contributed by atoms with Gasteiger partial charge in [0.2, 0.25) is 5.91 Å². The van der Waals surface area contributed by atoms with E-state index in [1.807, 2.05) is 44.1 Å². The van der Waals surface area contributed by atoms with Gasteiger partial charge >= 0.3 is 0 Å². The summed E-state index contributed by atoms with van der Waals surface area (Å²) in [6, 6.07) is 9.16.